The fraction of sp³-hybridized carbons (Fsp3) is 0.353. The van der Waals surface area contributed by atoms with Gasteiger partial charge in [-0.2, -0.15) is 0 Å². The summed E-state index contributed by atoms with van der Waals surface area (Å²) >= 11 is 0. The van der Waals surface area contributed by atoms with Gasteiger partial charge in [-0.1, -0.05) is 18.2 Å². The van der Waals surface area contributed by atoms with Crippen LogP contribution in [0.2, 0.25) is 0 Å². The average molecular weight is 378 g/mol. The smallest absolute Gasteiger partial charge is 0.438 e. The van der Waals surface area contributed by atoms with Crippen molar-refractivity contribution in [1.82, 2.24) is 0 Å². The van der Waals surface area contributed by atoms with Crippen LogP contribution in [0.3, 0.4) is 0 Å². The van der Waals surface area contributed by atoms with Crippen molar-refractivity contribution < 1.29 is 33.5 Å². The van der Waals surface area contributed by atoms with Gasteiger partial charge in [-0.3, -0.25) is 15.1 Å². The first-order valence-corrected chi connectivity index (χ1v) is 7.79. The van der Waals surface area contributed by atoms with Crippen molar-refractivity contribution in [3.05, 3.63) is 51.4 Å². The average Bonchev–Trinajstić information content (AvgIpc) is 2.65. The van der Waals surface area contributed by atoms with E-state index in [2.05, 4.69) is 14.5 Å². The van der Waals surface area contributed by atoms with E-state index in [1.807, 2.05) is 0 Å². The largest absolute Gasteiger partial charge is 0.513 e. The zero-order chi connectivity index (χ0) is 20.1. The highest BCUT2D eigenvalue weighted by molar-refractivity contribution is 5.91. The number of hydrogen-bond donors (Lipinski definition) is 0. The number of aliphatic imine (C=N–C) groups is 1. The van der Waals surface area contributed by atoms with E-state index in [0.717, 1.165) is 14.2 Å². The number of methoxy groups -OCH3 is 2. The molecule has 0 radical (unpaired) electrons. The van der Waals surface area contributed by atoms with E-state index in [4.69, 9.17) is 9.47 Å². The Bertz CT molecular complexity index is 830. The van der Waals surface area contributed by atoms with Gasteiger partial charge in [0.15, 0.2) is 6.10 Å². The Balaban J connectivity index is 2.65. The van der Waals surface area contributed by atoms with E-state index in [-0.39, 0.29) is 17.0 Å². The summed E-state index contributed by atoms with van der Waals surface area (Å²) in [5.74, 6) is -1.02. The van der Waals surface area contributed by atoms with Crippen LogP contribution in [0.25, 0.3) is 0 Å². The third-order valence-electron chi connectivity index (χ3n) is 3.92. The van der Waals surface area contributed by atoms with Crippen molar-refractivity contribution >= 4 is 23.7 Å². The van der Waals surface area contributed by atoms with Gasteiger partial charge in [0.25, 0.3) is 5.69 Å². The number of carbonyl (C=O) groups excluding carboxylic acids is 2. The SMILES string of the molecule is COC(=O)OC1=C(C)N=C(C)C(OC(=O)OC)C1c1ccccc1[N+](=O)[O-]. The van der Waals surface area contributed by atoms with Gasteiger partial charge in [-0.05, 0) is 13.8 Å². The van der Waals surface area contributed by atoms with Crippen LogP contribution in [0.15, 0.2) is 40.7 Å². The quantitative estimate of drug-likeness (QED) is 0.443. The topological polar surface area (TPSA) is 127 Å². The highest BCUT2D eigenvalue weighted by atomic mass is 16.7. The lowest BCUT2D eigenvalue weighted by molar-refractivity contribution is -0.385. The molecule has 10 heteroatoms. The highest BCUT2D eigenvalue weighted by Gasteiger charge is 2.42. The summed E-state index contributed by atoms with van der Waals surface area (Å²) in [7, 11) is 2.25. The van der Waals surface area contributed by atoms with E-state index in [9.17, 15) is 19.7 Å². The van der Waals surface area contributed by atoms with Crippen molar-refractivity contribution in [2.24, 2.45) is 4.99 Å². The zero-order valence-electron chi connectivity index (χ0n) is 15.1. The molecule has 2 unspecified atom stereocenters. The molecule has 0 saturated carbocycles. The van der Waals surface area contributed by atoms with Crippen LogP contribution < -0.4 is 0 Å². The van der Waals surface area contributed by atoms with Crippen LogP contribution >= 0.6 is 0 Å². The van der Waals surface area contributed by atoms with Crippen LogP contribution in [-0.2, 0) is 18.9 Å². The molecule has 0 aliphatic carbocycles. The van der Waals surface area contributed by atoms with Crippen molar-refractivity contribution in [3.63, 3.8) is 0 Å². The predicted octanol–water partition coefficient (Wildman–Crippen LogP) is 3.32. The third kappa shape index (κ3) is 4.22. The Hall–Kier alpha value is -3.43. The van der Waals surface area contributed by atoms with Crippen molar-refractivity contribution in [2.45, 2.75) is 25.9 Å². The number of ether oxygens (including phenoxy) is 4. The maximum Gasteiger partial charge on any atom is 0.513 e. The Morgan fingerprint density at radius 3 is 2.33 bits per heavy atom. The molecule has 144 valence electrons. The van der Waals surface area contributed by atoms with Gasteiger partial charge in [0.1, 0.15) is 5.76 Å². The fourth-order valence-electron chi connectivity index (χ4n) is 2.78. The molecule has 2 atom stereocenters. The number of nitrogens with zero attached hydrogens (tertiary/aromatic N) is 2. The molecule has 0 N–H and O–H groups in total. The van der Waals surface area contributed by atoms with Crippen molar-refractivity contribution in [1.29, 1.82) is 0 Å². The van der Waals surface area contributed by atoms with Crippen LogP contribution in [0.1, 0.15) is 25.3 Å². The molecule has 0 saturated heterocycles. The summed E-state index contributed by atoms with van der Waals surface area (Å²) in [6.45, 7) is 3.16. The Morgan fingerprint density at radius 1 is 1.11 bits per heavy atom. The summed E-state index contributed by atoms with van der Waals surface area (Å²) in [6, 6.07) is 5.88. The predicted molar refractivity (Wildman–Crippen MR) is 92.4 cm³/mol. The summed E-state index contributed by atoms with van der Waals surface area (Å²) in [5, 5.41) is 11.5. The van der Waals surface area contributed by atoms with Gasteiger partial charge in [-0.15, -0.1) is 0 Å². The first-order valence-electron chi connectivity index (χ1n) is 7.79. The van der Waals surface area contributed by atoms with Crippen LogP contribution in [0, 0.1) is 10.1 Å². The molecule has 0 bridgehead atoms. The second-order valence-electron chi connectivity index (χ2n) is 5.55. The van der Waals surface area contributed by atoms with E-state index < -0.39 is 29.3 Å². The molecule has 10 nitrogen and oxygen atoms in total. The van der Waals surface area contributed by atoms with Gasteiger partial charge >= 0.3 is 12.3 Å². The summed E-state index contributed by atoms with van der Waals surface area (Å²) < 4.78 is 19.5. The third-order valence-corrected chi connectivity index (χ3v) is 3.92. The van der Waals surface area contributed by atoms with E-state index in [0.29, 0.717) is 11.4 Å². The monoisotopic (exact) mass is 378 g/mol. The van der Waals surface area contributed by atoms with Crippen molar-refractivity contribution in [3.8, 4) is 0 Å². The molecule has 1 aliphatic rings. The second kappa shape index (κ2) is 8.30. The first-order chi connectivity index (χ1) is 12.8. The molecule has 0 amide bonds. The molecule has 0 spiro atoms. The lowest BCUT2D eigenvalue weighted by Crippen LogP contribution is -2.37. The Kier molecular flexibility index (Phi) is 6.11. The summed E-state index contributed by atoms with van der Waals surface area (Å²) in [5.41, 5.74) is 0.613. The number of hydrogen-bond acceptors (Lipinski definition) is 9. The molecule has 1 aliphatic heterocycles. The molecular formula is C17H18N2O8. The molecule has 0 fully saturated rings. The highest BCUT2D eigenvalue weighted by Crippen LogP contribution is 2.41. The molecule has 0 aromatic heterocycles. The minimum absolute atomic E-state index is 0.0179. The molecule has 1 aromatic rings. The van der Waals surface area contributed by atoms with Crippen LogP contribution in [0.4, 0.5) is 15.3 Å². The normalized spacial score (nSPS) is 19.0. The first kappa shape index (κ1) is 19.9. The Morgan fingerprint density at radius 2 is 1.74 bits per heavy atom. The van der Waals surface area contributed by atoms with Crippen LogP contribution in [-0.4, -0.2) is 43.3 Å². The number of nitro groups is 1. The van der Waals surface area contributed by atoms with Gasteiger partial charge in [-0.25, -0.2) is 9.59 Å². The minimum Gasteiger partial charge on any atom is -0.438 e. The second-order valence-corrected chi connectivity index (χ2v) is 5.55. The lowest BCUT2D eigenvalue weighted by Gasteiger charge is -2.31. The van der Waals surface area contributed by atoms with Crippen molar-refractivity contribution in [2.75, 3.05) is 14.2 Å². The minimum atomic E-state index is -1.08. The van der Waals surface area contributed by atoms with Gasteiger partial charge < -0.3 is 18.9 Å². The zero-order valence-corrected chi connectivity index (χ0v) is 15.1. The summed E-state index contributed by atoms with van der Waals surface area (Å²) in [4.78, 5) is 38.6. The standard InChI is InChI=1S/C17H18N2O8/c1-9-14(26-16(20)24-3)13(11-7-5-6-8-12(11)19(22)23)15(10(2)18-9)27-17(21)25-4/h5-8,13-14H,1-4H3. The number of rotatable bonds is 4. The Labute approximate surface area is 154 Å². The number of para-hydroxylation sites is 1. The van der Waals surface area contributed by atoms with Gasteiger partial charge in [0.05, 0.1) is 36.5 Å². The fourth-order valence-corrected chi connectivity index (χ4v) is 2.78. The molecular weight excluding hydrogens is 360 g/mol. The van der Waals surface area contributed by atoms with E-state index >= 15 is 0 Å². The number of carbonyl (C=O) groups is 2. The number of allylic oxidation sites excluding steroid dienone is 1. The number of nitro benzene ring substituents is 1. The number of benzene rings is 1. The summed E-state index contributed by atoms with van der Waals surface area (Å²) in [6.07, 6.45) is -3.11. The van der Waals surface area contributed by atoms with Gasteiger partial charge in [0.2, 0.25) is 0 Å². The molecule has 2 rings (SSSR count). The molecule has 1 aromatic carbocycles. The lowest BCUT2D eigenvalue weighted by atomic mass is 9.85. The van der Waals surface area contributed by atoms with E-state index in [1.165, 1.54) is 18.2 Å². The maximum absolute atomic E-state index is 11.7. The van der Waals surface area contributed by atoms with Crippen LogP contribution in [0.5, 0.6) is 0 Å². The molecule has 1 heterocycles. The van der Waals surface area contributed by atoms with Gasteiger partial charge in [0, 0.05) is 11.6 Å². The van der Waals surface area contributed by atoms with E-state index in [1.54, 1.807) is 19.9 Å². The molecule has 27 heavy (non-hydrogen) atoms. The maximum atomic E-state index is 11.7.